The number of benzene rings is 2. The molecule has 5 heterocycles. The van der Waals surface area contributed by atoms with Gasteiger partial charge in [-0.1, -0.05) is 51.7 Å². The number of alkyl halides is 1. The highest BCUT2D eigenvalue weighted by Gasteiger charge is 2.56. The van der Waals surface area contributed by atoms with E-state index in [9.17, 15) is 14.4 Å². The zero-order valence-corrected chi connectivity index (χ0v) is 32.8. The van der Waals surface area contributed by atoms with Gasteiger partial charge in [0.05, 0.1) is 48.2 Å². The Kier molecular flexibility index (Phi) is 10.8. The number of rotatable bonds is 10. The molecule has 57 heavy (non-hydrogen) atoms. The summed E-state index contributed by atoms with van der Waals surface area (Å²) in [6.07, 6.45) is 2.05. The number of imidazole rings is 2. The van der Waals surface area contributed by atoms with Crippen LogP contribution in [0.3, 0.4) is 0 Å². The summed E-state index contributed by atoms with van der Waals surface area (Å²) in [5, 5.41) is 5.85. The summed E-state index contributed by atoms with van der Waals surface area (Å²) >= 11 is 0. The number of methoxy groups -OCH3 is 1. The molecule has 1 aliphatic carbocycles. The summed E-state index contributed by atoms with van der Waals surface area (Å²) in [6, 6.07) is 11.3. The Morgan fingerprint density at radius 1 is 0.947 bits per heavy atom. The first-order chi connectivity index (χ1) is 27.5. The predicted molar refractivity (Wildman–Crippen MR) is 208 cm³/mol. The average molecular weight is 781 g/mol. The van der Waals surface area contributed by atoms with Crippen LogP contribution in [0.4, 0.5) is 9.18 Å². The van der Waals surface area contributed by atoms with Crippen molar-refractivity contribution in [2.24, 2.45) is 17.8 Å². The molecular formula is C42H49FN8O6. The Hall–Kier alpha value is -5.30. The van der Waals surface area contributed by atoms with Crippen molar-refractivity contribution in [2.45, 2.75) is 96.2 Å². The summed E-state index contributed by atoms with van der Waals surface area (Å²) in [5.74, 6) is 6.97. The van der Waals surface area contributed by atoms with Gasteiger partial charge in [-0.25, -0.2) is 19.2 Å². The standard InChI is InChI=1S/C42H49FN8O6/c1-22(2)34(49-42-56-21-57-42)39(52)50-16-6-7-33(50)37-44-20-32(47-37)26-13-10-24(11-14-26)8-9-25-12-15-30-31(17-25)46-38(45-30)36-28-18-27(19-29(28)43)51(36)40(53)35(23(3)4)48-41(54)55-5/h10-15,17,20,22-23,27-29,33-36,42,49H,6-7,16,18-19,21H2,1-5H3,(H,44,47)(H,45,46)(H,48,54)/t27-,28+,29-,33-,34-,35-,36-/m0/s1. The number of amides is 3. The molecule has 2 aromatic carbocycles. The summed E-state index contributed by atoms with van der Waals surface area (Å²) in [5.41, 5.74) is 4.83. The molecule has 7 atom stereocenters. The number of alkyl carbamates (subject to hydrolysis) is 1. The third-order valence-corrected chi connectivity index (χ3v) is 11.7. The number of aromatic amines is 2. The van der Waals surface area contributed by atoms with Crippen LogP contribution >= 0.6 is 0 Å². The molecule has 1 saturated carbocycles. The van der Waals surface area contributed by atoms with Crippen molar-refractivity contribution >= 4 is 28.9 Å². The highest BCUT2D eigenvalue weighted by Crippen LogP contribution is 2.51. The lowest BCUT2D eigenvalue weighted by Crippen LogP contribution is -2.56. The molecule has 4 N–H and O–H groups in total. The van der Waals surface area contributed by atoms with Gasteiger partial charge in [-0.15, -0.1) is 0 Å². The van der Waals surface area contributed by atoms with Crippen molar-refractivity contribution in [3.05, 3.63) is 71.4 Å². The lowest BCUT2D eigenvalue weighted by molar-refractivity contribution is -0.335. The molecule has 14 nitrogen and oxygen atoms in total. The number of hydrogen-bond acceptors (Lipinski definition) is 9. The van der Waals surface area contributed by atoms with Crippen LogP contribution in [0.15, 0.2) is 48.7 Å². The van der Waals surface area contributed by atoms with Crippen LogP contribution < -0.4 is 10.6 Å². The minimum atomic E-state index is -1.05. The van der Waals surface area contributed by atoms with E-state index in [1.807, 2.05) is 75.1 Å². The molecule has 15 heteroatoms. The number of H-pyrrole nitrogens is 2. The van der Waals surface area contributed by atoms with Gasteiger partial charge in [0.2, 0.25) is 18.2 Å². The highest BCUT2D eigenvalue weighted by molar-refractivity contribution is 5.87. The van der Waals surface area contributed by atoms with E-state index >= 15 is 4.39 Å². The third-order valence-electron chi connectivity index (χ3n) is 11.7. The quantitative estimate of drug-likeness (QED) is 0.156. The minimum absolute atomic E-state index is 0.0138. The predicted octanol–water partition coefficient (Wildman–Crippen LogP) is 5.30. The largest absolute Gasteiger partial charge is 0.453 e. The average Bonchev–Trinajstić information content (AvgIpc) is 4.03. The number of halogens is 1. The maximum absolute atomic E-state index is 15.2. The number of carbonyl (C=O) groups is 3. The van der Waals surface area contributed by atoms with Crippen molar-refractivity contribution < 1.29 is 33.0 Å². The van der Waals surface area contributed by atoms with Gasteiger partial charge in [-0.3, -0.25) is 14.9 Å². The molecule has 3 amide bonds. The van der Waals surface area contributed by atoms with Gasteiger partial charge in [0.25, 0.3) is 0 Å². The molecular weight excluding hydrogens is 732 g/mol. The molecule has 2 bridgehead atoms. The molecule has 4 aromatic rings. The smallest absolute Gasteiger partial charge is 0.407 e. The Bertz CT molecular complexity index is 2190. The summed E-state index contributed by atoms with van der Waals surface area (Å²) in [6.45, 7) is 8.61. The van der Waals surface area contributed by atoms with E-state index in [1.54, 1.807) is 11.1 Å². The lowest BCUT2D eigenvalue weighted by atomic mass is 9.94. The fourth-order valence-corrected chi connectivity index (χ4v) is 8.69. The molecule has 300 valence electrons. The molecule has 8 rings (SSSR count). The van der Waals surface area contributed by atoms with E-state index in [0.717, 1.165) is 46.6 Å². The first-order valence-corrected chi connectivity index (χ1v) is 19.8. The van der Waals surface area contributed by atoms with E-state index in [2.05, 4.69) is 32.4 Å². The second-order valence-corrected chi connectivity index (χ2v) is 16.1. The summed E-state index contributed by atoms with van der Waals surface area (Å²) in [7, 11) is 1.26. The molecule has 2 aromatic heterocycles. The van der Waals surface area contributed by atoms with Gasteiger partial charge >= 0.3 is 6.09 Å². The fraction of sp³-hybridized carbons (Fsp3) is 0.500. The van der Waals surface area contributed by atoms with Crippen LogP contribution in [0.1, 0.15) is 88.2 Å². The zero-order valence-electron chi connectivity index (χ0n) is 32.8. The van der Waals surface area contributed by atoms with Crippen LogP contribution in [0.5, 0.6) is 0 Å². The second kappa shape index (κ2) is 15.9. The fourth-order valence-electron chi connectivity index (χ4n) is 8.69. The molecule has 4 aliphatic rings. The molecule has 0 unspecified atom stereocenters. The number of likely N-dealkylation sites (tertiary alicyclic amines) is 2. The third kappa shape index (κ3) is 7.61. The minimum Gasteiger partial charge on any atom is -0.453 e. The Labute approximate surface area is 330 Å². The number of nitrogens with one attached hydrogen (secondary N) is 4. The second-order valence-electron chi connectivity index (χ2n) is 16.1. The van der Waals surface area contributed by atoms with Crippen molar-refractivity contribution in [2.75, 3.05) is 20.4 Å². The van der Waals surface area contributed by atoms with Gasteiger partial charge in [0.1, 0.15) is 23.9 Å². The Morgan fingerprint density at radius 2 is 1.68 bits per heavy atom. The highest BCUT2D eigenvalue weighted by atomic mass is 19.1. The van der Waals surface area contributed by atoms with Gasteiger partial charge in [-0.2, -0.15) is 0 Å². The van der Waals surface area contributed by atoms with Crippen molar-refractivity contribution in [3.8, 4) is 23.1 Å². The zero-order chi connectivity index (χ0) is 40.0. The molecule has 4 fully saturated rings. The van der Waals surface area contributed by atoms with E-state index < -0.39 is 42.7 Å². The van der Waals surface area contributed by atoms with Crippen molar-refractivity contribution in [1.29, 1.82) is 0 Å². The van der Waals surface area contributed by atoms with Crippen LogP contribution in [0.2, 0.25) is 0 Å². The first-order valence-electron chi connectivity index (χ1n) is 19.8. The van der Waals surface area contributed by atoms with Crippen molar-refractivity contribution in [1.82, 2.24) is 40.4 Å². The normalized spacial score (nSPS) is 24.1. The molecule has 3 aliphatic heterocycles. The van der Waals surface area contributed by atoms with Gasteiger partial charge in [0, 0.05) is 29.6 Å². The maximum atomic E-state index is 15.2. The van der Waals surface area contributed by atoms with E-state index in [0.29, 0.717) is 24.3 Å². The topological polar surface area (TPSA) is 167 Å². The van der Waals surface area contributed by atoms with Gasteiger partial charge < -0.3 is 39.3 Å². The number of ether oxygens (including phenoxy) is 3. The van der Waals surface area contributed by atoms with E-state index in [1.165, 1.54) is 7.11 Å². The monoisotopic (exact) mass is 780 g/mol. The Morgan fingerprint density at radius 3 is 2.39 bits per heavy atom. The SMILES string of the molecule is COC(=O)N[C@H](C(=O)N1[C@H]2C[C@@H]([C@H]1c1nc3ccc(C#Cc4ccc(-c5cnc([C@@H]6CCCN6C(=O)[C@@H](NC6OCO6)C(C)C)[nH]5)cc4)cc3[nH]1)[C@@H](F)C2)C(C)C. The Balaban J connectivity index is 0.953. The maximum Gasteiger partial charge on any atom is 0.407 e. The lowest BCUT2D eigenvalue weighted by Gasteiger charge is -2.38. The number of carbonyl (C=O) groups excluding carboxylic acids is 3. The number of nitrogens with zero attached hydrogens (tertiary/aromatic N) is 4. The number of aromatic nitrogens is 4. The number of fused-ring (bicyclic) bond motifs is 3. The van der Waals surface area contributed by atoms with Crippen LogP contribution in [-0.4, -0.2) is 98.8 Å². The molecule has 0 radical (unpaired) electrons. The van der Waals surface area contributed by atoms with Crippen LogP contribution in [-0.2, 0) is 23.8 Å². The number of hydrogen-bond donors (Lipinski definition) is 4. The van der Waals surface area contributed by atoms with Crippen molar-refractivity contribution in [3.63, 3.8) is 0 Å². The summed E-state index contributed by atoms with van der Waals surface area (Å²) < 4.78 is 30.7. The van der Waals surface area contributed by atoms with Gasteiger partial charge in [-0.05, 0) is 73.4 Å². The summed E-state index contributed by atoms with van der Waals surface area (Å²) in [4.78, 5) is 59.6. The number of piperidine rings is 1. The molecule has 3 saturated heterocycles. The van der Waals surface area contributed by atoms with E-state index in [-0.39, 0.29) is 48.9 Å². The van der Waals surface area contributed by atoms with E-state index in [4.69, 9.17) is 24.2 Å². The van der Waals surface area contributed by atoms with Crippen LogP contribution in [0.25, 0.3) is 22.3 Å². The van der Waals surface area contributed by atoms with Crippen LogP contribution in [0, 0.1) is 29.6 Å². The molecule has 0 spiro atoms. The van der Waals surface area contributed by atoms with Gasteiger partial charge in [0.15, 0.2) is 6.79 Å². The first kappa shape index (κ1) is 38.6.